The van der Waals surface area contributed by atoms with Gasteiger partial charge in [-0.25, -0.2) is 0 Å². The van der Waals surface area contributed by atoms with Crippen LogP contribution in [-0.4, -0.2) is 21.3 Å². The van der Waals surface area contributed by atoms with Crippen molar-refractivity contribution < 1.29 is 9.47 Å². The maximum Gasteiger partial charge on any atom is 0.146 e. The molecule has 0 radical (unpaired) electrons. The van der Waals surface area contributed by atoms with E-state index in [1.54, 1.807) is 0 Å². The van der Waals surface area contributed by atoms with Crippen LogP contribution in [0.3, 0.4) is 0 Å². The highest BCUT2D eigenvalue weighted by Crippen LogP contribution is 2.40. The number of benzene rings is 2. The summed E-state index contributed by atoms with van der Waals surface area (Å²) in [6, 6.07) is 12.4. The maximum absolute atomic E-state index is 6.13. The molecule has 0 amide bonds. The Bertz CT molecular complexity index is 1480. The Hall–Kier alpha value is -3.18. The second-order valence-electron chi connectivity index (χ2n) is 14.8. The van der Waals surface area contributed by atoms with Crippen LogP contribution in [0.5, 0.6) is 0 Å². The molecule has 0 aliphatic heterocycles. The van der Waals surface area contributed by atoms with Gasteiger partial charge in [0.25, 0.3) is 0 Å². The van der Waals surface area contributed by atoms with Gasteiger partial charge in [-0.1, -0.05) is 143 Å². The fourth-order valence-electron chi connectivity index (χ4n) is 7.02. The SMILES string of the molecule is C#Cc1cc(C#CC#Cc2cc(C#C[Si](C(C)C)(C(C)C)C(C)C)cc(COCCCCCCCC)c2)cc(COCCCCCCCC)c1. The van der Waals surface area contributed by atoms with Crippen LogP contribution < -0.4 is 0 Å². The van der Waals surface area contributed by atoms with Gasteiger partial charge in [-0.05, 0) is 88.8 Å². The van der Waals surface area contributed by atoms with E-state index in [0.29, 0.717) is 29.8 Å². The summed E-state index contributed by atoms with van der Waals surface area (Å²) in [6.07, 6.45) is 20.8. The van der Waals surface area contributed by atoms with Crippen molar-refractivity contribution in [3.8, 4) is 47.5 Å². The van der Waals surface area contributed by atoms with Gasteiger partial charge in [-0.2, -0.15) is 0 Å². The molecule has 270 valence electrons. The molecule has 0 aliphatic rings. The van der Waals surface area contributed by atoms with Crippen LogP contribution in [0.15, 0.2) is 36.4 Å². The molecule has 50 heavy (non-hydrogen) atoms. The molecular formula is C47H66O2Si. The molecule has 0 aliphatic carbocycles. The van der Waals surface area contributed by atoms with E-state index in [2.05, 4.69) is 121 Å². The summed E-state index contributed by atoms with van der Waals surface area (Å²) in [5.41, 5.74) is 11.4. The summed E-state index contributed by atoms with van der Waals surface area (Å²) < 4.78 is 12.1. The van der Waals surface area contributed by atoms with Gasteiger partial charge in [-0.3, -0.25) is 0 Å². The molecule has 0 spiro atoms. The topological polar surface area (TPSA) is 18.5 Å². The first-order valence-corrected chi connectivity index (χ1v) is 21.8. The summed E-state index contributed by atoms with van der Waals surface area (Å²) >= 11 is 0. The zero-order chi connectivity index (χ0) is 36.6. The molecular weight excluding hydrogens is 625 g/mol. The van der Waals surface area contributed by atoms with E-state index in [0.717, 1.165) is 59.4 Å². The van der Waals surface area contributed by atoms with Crippen molar-refractivity contribution in [3.05, 3.63) is 69.8 Å². The van der Waals surface area contributed by atoms with Crippen LogP contribution >= 0.6 is 0 Å². The number of hydrogen-bond acceptors (Lipinski definition) is 2. The second kappa shape index (κ2) is 24.9. The largest absolute Gasteiger partial charge is 0.377 e. The van der Waals surface area contributed by atoms with E-state index in [1.807, 2.05) is 12.1 Å². The first kappa shape index (κ1) is 43.0. The lowest BCUT2D eigenvalue weighted by Crippen LogP contribution is -2.43. The smallest absolute Gasteiger partial charge is 0.146 e. The van der Waals surface area contributed by atoms with Crippen LogP contribution in [0, 0.1) is 47.5 Å². The molecule has 2 rings (SSSR count). The molecule has 0 saturated heterocycles. The summed E-state index contributed by atoms with van der Waals surface area (Å²) in [7, 11) is -1.87. The molecule has 0 N–H and O–H groups in total. The predicted molar refractivity (Wildman–Crippen MR) is 219 cm³/mol. The highest BCUT2D eigenvalue weighted by molar-refractivity contribution is 6.90. The number of terminal acetylenes is 1. The molecule has 0 unspecified atom stereocenters. The lowest BCUT2D eigenvalue weighted by molar-refractivity contribution is 0.116. The van der Waals surface area contributed by atoms with Gasteiger partial charge in [0.2, 0.25) is 0 Å². The Balaban J connectivity index is 2.25. The quantitative estimate of drug-likeness (QED) is 0.0737. The Morgan fingerprint density at radius 2 is 0.900 bits per heavy atom. The summed E-state index contributed by atoms with van der Waals surface area (Å²) in [5.74, 6) is 19.1. The number of rotatable bonds is 21. The summed E-state index contributed by atoms with van der Waals surface area (Å²) in [5, 5.41) is 0. The van der Waals surface area contributed by atoms with Gasteiger partial charge in [-0.15, -0.1) is 12.0 Å². The van der Waals surface area contributed by atoms with Crippen LogP contribution in [0.4, 0.5) is 0 Å². The van der Waals surface area contributed by atoms with Crippen molar-refractivity contribution in [2.24, 2.45) is 0 Å². The van der Waals surface area contributed by atoms with E-state index < -0.39 is 8.07 Å². The highest BCUT2D eigenvalue weighted by atomic mass is 28.3. The van der Waals surface area contributed by atoms with Crippen LogP contribution in [0.1, 0.15) is 166 Å². The van der Waals surface area contributed by atoms with Gasteiger partial charge in [0.15, 0.2) is 0 Å². The fourth-order valence-corrected chi connectivity index (χ4v) is 12.2. The third kappa shape index (κ3) is 15.8. The predicted octanol–water partition coefficient (Wildman–Crippen LogP) is 12.4. The zero-order valence-electron chi connectivity index (χ0n) is 32.9. The molecule has 2 nitrogen and oxygen atoms in total. The average Bonchev–Trinajstić information content (AvgIpc) is 3.08. The minimum atomic E-state index is -1.87. The summed E-state index contributed by atoms with van der Waals surface area (Å²) in [4.78, 5) is 0. The molecule has 0 saturated carbocycles. The van der Waals surface area contributed by atoms with Crippen LogP contribution in [0.25, 0.3) is 0 Å². The van der Waals surface area contributed by atoms with Crippen molar-refractivity contribution >= 4 is 8.07 Å². The minimum absolute atomic E-state index is 0.539. The van der Waals surface area contributed by atoms with Gasteiger partial charge < -0.3 is 9.47 Å². The normalized spacial score (nSPS) is 11.1. The maximum atomic E-state index is 6.13. The number of unbranched alkanes of at least 4 members (excludes halogenated alkanes) is 10. The van der Waals surface area contributed by atoms with Crippen molar-refractivity contribution in [2.45, 2.75) is 162 Å². The monoisotopic (exact) mass is 690 g/mol. The zero-order valence-corrected chi connectivity index (χ0v) is 33.9. The van der Waals surface area contributed by atoms with E-state index in [1.165, 1.54) is 64.2 Å². The molecule has 0 aromatic heterocycles. The van der Waals surface area contributed by atoms with Gasteiger partial charge in [0, 0.05) is 35.5 Å². The number of hydrogen-bond donors (Lipinski definition) is 0. The van der Waals surface area contributed by atoms with E-state index in [4.69, 9.17) is 15.9 Å². The van der Waals surface area contributed by atoms with Gasteiger partial charge >= 0.3 is 0 Å². The summed E-state index contributed by atoms with van der Waals surface area (Å²) in [6.45, 7) is 21.3. The van der Waals surface area contributed by atoms with Gasteiger partial charge in [0.1, 0.15) is 8.07 Å². The lowest BCUT2D eigenvalue weighted by Gasteiger charge is -2.38. The Morgan fingerprint density at radius 3 is 1.32 bits per heavy atom. The highest BCUT2D eigenvalue weighted by Gasteiger charge is 2.41. The Morgan fingerprint density at radius 1 is 0.520 bits per heavy atom. The minimum Gasteiger partial charge on any atom is -0.377 e. The fraction of sp³-hybridized carbons (Fsp3) is 0.574. The third-order valence-electron chi connectivity index (χ3n) is 9.74. The first-order chi connectivity index (χ1) is 24.2. The van der Waals surface area contributed by atoms with E-state index in [9.17, 15) is 0 Å². The van der Waals surface area contributed by atoms with E-state index in [-0.39, 0.29) is 0 Å². The Labute approximate surface area is 309 Å². The molecule has 0 bridgehead atoms. The Kier molecular flexibility index (Phi) is 21.4. The molecule has 2 aromatic rings. The molecule has 3 heteroatoms. The first-order valence-electron chi connectivity index (χ1n) is 19.6. The van der Waals surface area contributed by atoms with Crippen molar-refractivity contribution in [2.75, 3.05) is 13.2 Å². The van der Waals surface area contributed by atoms with Crippen LogP contribution in [0.2, 0.25) is 16.6 Å². The molecule has 0 fully saturated rings. The molecule has 0 atom stereocenters. The standard InChI is InChI=1S/C47H66O2Si/c1-10-13-15-17-19-23-28-48-37-46-32-42(12-3)31-43(34-46)25-21-22-26-44-33-45(27-30-50(39(4)5,40(6)7)41(8)9)36-47(35-44)38-49-29-24-20-18-16-14-11-2/h3,31-36,39-41H,10-11,13-20,23-24,28-29,37-38H2,1-2,4-9H3. The van der Waals surface area contributed by atoms with E-state index >= 15 is 0 Å². The van der Waals surface area contributed by atoms with Gasteiger partial charge in [0.05, 0.1) is 13.2 Å². The third-order valence-corrected chi connectivity index (χ3v) is 16.0. The lowest BCUT2D eigenvalue weighted by atomic mass is 10.1. The van der Waals surface area contributed by atoms with Crippen molar-refractivity contribution in [3.63, 3.8) is 0 Å². The number of ether oxygens (including phenoxy) is 2. The average molecular weight is 691 g/mol. The van der Waals surface area contributed by atoms with Crippen molar-refractivity contribution in [1.29, 1.82) is 0 Å². The van der Waals surface area contributed by atoms with Crippen molar-refractivity contribution in [1.82, 2.24) is 0 Å². The van der Waals surface area contributed by atoms with Crippen LogP contribution in [-0.2, 0) is 22.7 Å². The molecule has 0 heterocycles. The molecule has 2 aromatic carbocycles. The second-order valence-corrected chi connectivity index (χ2v) is 20.3.